The minimum atomic E-state index is 0.571. The average molecular weight is 327 g/mol. The first-order valence-corrected chi connectivity index (χ1v) is 7.38. The van der Waals surface area contributed by atoms with E-state index >= 15 is 0 Å². The molecule has 1 aliphatic carbocycles. The van der Waals surface area contributed by atoms with Crippen LogP contribution in [-0.2, 0) is 12.8 Å². The van der Waals surface area contributed by atoms with E-state index in [1.165, 1.54) is 0 Å². The number of halogens is 1. The fourth-order valence-corrected chi connectivity index (χ4v) is 3.14. The van der Waals surface area contributed by atoms with E-state index < -0.39 is 0 Å². The van der Waals surface area contributed by atoms with E-state index in [2.05, 4.69) is 15.9 Å². The summed E-state index contributed by atoms with van der Waals surface area (Å²) in [5.41, 5.74) is 6.42. The highest BCUT2D eigenvalue weighted by atomic mass is 79.9. The molecule has 0 aliphatic heterocycles. The summed E-state index contributed by atoms with van der Waals surface area (Å²) in [5.74, 6) is 0. The zero-order chi connectivity index (χ0) is 14.3. The Bertz CT molecular complexity index is 732. The van der Waals surface area contributed by atoms with E-state index in [-0.39, 0.29) is 0 Å². The zero-order valence-electron chi connectivity index (χ0n) is 11.3. The van der Waals surface area contributed by atoms with Crippen molar-refractivity contribution >= 4 is 27.4 Å². The van der Waals surface area contributed by atoms with E-state index in [0.717, 1.165) is 32.3 Å². The number of nitrogens with one attached hydrogen (secondary N) is 2. The van der Waals surface area contributed by atoms with Crippen LogP contribution < -0.4 is 0 Å². The van der Waals surface area contributed by atoms with Crippen LogP contribution in [0.5, 0.6) is 0 Å². The molecule has 0 amide bonds. The average Bonchev–Trinajstić information content (AvgIpc) is 2.42. The van der Waals surface area contributed by atoms with Crippen molar-refractivity contribution in [1.29, 1.82) is 10.8 Å². The van der Waals surface area contributed by atoms with Crippen LogP contribution in [0.3, 0.4) is 0 Å². The quantitative estimate of drug-likeness (QED) is 0.725. The number of hydrogen-bond donors (Lipinski definition) is 2. The Morgan fingerprint density at radius 2 is 1.65 bits per heavy atom. The molecule has 2 aromatic carbocycles. The van der Waals surface area contributed by atoms with E-state index in [9.17, 15) is 0 Å². The standard InChI is InChI=1S/C17H15BrN2/c1-10-15(18)7-6-12-9-13(19)8-11-4-2-3-5-14(11)17(20)16(10)12/h2-7,19-20H,8-9H2,1H3. The lowest BCUT2D eigenvalue weighted by Crippen LogP contribution is -2.19. The second-order valence-corrected chi connectivity index (χ2v) is 6.05. The van der Waals surface area contributed by atoms with Crippen LogP contribution in [0.15, 0.2) is 40.9 Å². The first kappa shape index (κ1) is 13.3. The van der Waals surface area contributed by atoms with Gasteiger partial charge in [0, 0.05) is 34.2 Å². The fourth-order valence-electron chi connectivity index (χ4n) is 2.81. The van der Waals surface area contributed by atoms with Gasteiger partial charge in [0.25, 0.3) is 0 Å². The van der Waals surface area contributed by atoms with Crippen LogP contribution in [0, 0.1) is 17.7 Å². The van der Waals surface area contributed by atoms with Crippen molar-refractivity contribution in [1.82, 2.24) is 0 Å². The van der Waals surface area contributed by atoms with Gasteiger partial charge in [-0.2, -0.15) is 0 Å². The third kappa shape index (κ3) is 2.12. The van der Waals surface area contributed by atoms with Crippen molar-refractivity contribution in [3.8, 4) is 0 Å². The van der Waals surface area contributed by atoms with Gasteiger partial charge in [-0.3, -0.25) is 5.41 Å². The lowest BCUT2D eigenvalue weighted by molar-refractivity contribution is 1.14. The molecule has 100 valence electrons. The minimum Gasteiger partial charge on any atom is -0.309 e. The maximum atomic E-state index is 8.60. The van der Waals surface area contributed by atoms with Crippen LogP contribution in [0.4, 0.5) is 0 Å². The molecule has 0 bridgehead atoms. The largest absolute Gasteiger partial charge is 0.309 e. The molecule has 0 saturated carbocycles. The first-order valence-electron chi connectivity index (χ1n) is 6.59. The summed E-state index contributed by atoms with van der Waals surface area (Å²) in [6, 6.07) is 12.0. The summed E-state index contributed by atoms with van der Waals surface area (Å²) in [7, 11) is 0. The normalized spacial score (nSPS) is 14.3. The Hall–Kier alpha value is -1.74. The Labute approximate surface area is 127 Å². The summed E-state index contributed by atoms with van der Waals surface area (Å²) in [4.78, 5) is 0. The fraction of sp³-hybridized carbons (Fsp3) is 0.176. The Balaban J connectivity index is 2.30. The summed E-state index contributed by atoms with van der Waals surface area (Å²) >= 11 is 3.55. The Morgan fingerprint density at radius 1 is 0.950 bits per heavy atom. The summed E-state index contributed by atoms with van der Waals surface area (Å²) < 4.78 is 1.02. The van der Waals surface area contributed by atoms with Crippen molar-refractivity contribution in [2.24, 2.45) is 0 Å². The molecule has 3 rings (SSSR count). The van der Waals surface area contributed by atoms with Crippen molar-refractivity contribution in [3.63, 3.8) is 0 Å². The molecule has 20 heavy (non-hydrogen) atoms. The van der Waals surface area contributed by atoms with Gasteiger partial charge in [-0.25, -0.2) is 0 Å². The highest BCUT2D eigenvalue weighted by Crippen LogP contribution is 2.29. The van der Waals surface area contributed by atoms with E-state index in [4.69, 9.17) is 10.8 Å². The molecule has 2 nitrogen and oxygen atoms in total. The summed E-state index contributed by atoms with van der Waals surface area (Å²) in [6.45, 7) is 2.03. The van der Waals surface area contributed by atoms with Crippen molar-refractivity contribution in [2.75, 3.05) is 0 Å². The highest BCUT2D eigenvalue weighted by molar-refractivity contribution is 9.10. The molecule has 0 heterocycles. The molecule has 0 fully saturated rings. The lowest BCUT2D eigenvalue weighted by Gasteiger charge is -2.21. The van der Waals surface area contributed by atoms with Gasteiger partial charge in [0.2, 0.25) is 0 Å². The molecule has 0 unspecified atom stereocenters. The van der Waals surface area contributed by atoms with E-state index in [0.29, 0.717) is 24.3 Å². The van der Waals surface area contributed by atoms with Crippen LogP contribution in [0.25, 0.3) is 0 Å². The number of hydrogen-bond acceptors (Lipinski definition) is 2. The summed E-state index contributed by atoms with van der Waals surface area (Å²) in [6.07, 6.45) is 1.26. The van der Waals surface area contributed by atoms with Crippen molar-refractivity contribution < 1.29 is 0 Å². The monoisotopic (exact) mass is 326 g/mol. The molecule has 0 atom stereocenters. The van der Waals surface area contributed by atoms with E-state index in [1.54, 1.807) is 0 Å². The van der Waals surface area contributed by atoms with Gasteiger partial charge in [0.05, 0.1) is 5.71 Å². The third-order valence-corrected chi connectivity index (χ3v) is 4.69. The van der Waals surface area contributed by atoms with Crippen molar-refractivity contribution in [2.45, 2.75) is 19.8 Å². The SMILES string of the molecule is Cc1c(Br)ccc2c1C(=N)c1ccccc1CC(=N)C2. The Morgan fingerprint density at radius 3 is 2.45 bits per heavy atom. The number of rotatable bonds is 0. The second-order valence-electron chi connectivity index (χ2n) is 5.20. The van der Waals surface area contributed by atoms with Crippen LogP contribution >= 0.6 is 15.9 Å². The van der Waals surface area contributed by atoms with Gasteiger partial charge in [-0.05, 0) is 29.7 Å². The molecule has 1 aliphatic rings. The van der Waals surface area contributed by atoms with Crippen LogP contribution in [-0.4, -0.2) is 11.4 Å². The minimum absolute atomic E-state index is 0.571. The second kappa shape index (κ2) is 4.98. The molecule has 0 aromatic heterocycles. The van der Waals surface area contributed by atoms with Gasteiger partial charge in [0.15, 0.2) is 0 Å². The maximum absolute atomic E-state index is 8.60. The number of benzene rings is 2. The smallest absolute Gasteiger partial charge is 0.0693 e. The maximum Gasteiger partial charge on any atom is 0.0693 e. The van der Waals surface area contributed by atoms with Gasteiger partial charge in [0.1, 0.15) is 0 Å². The predicted octanol–water partition coefficient (Wildman–Crippen LogP) is 4.29. The van der Waals surface area contributed by atoms with Gasteiger partial charge >= 0.3 is 0 Å². The molecular formula is C17H15BrN2. The van der Waals surface area contributed by atoms with Crippen molar-refractivity contribution in [3.05, 3.63) is 68.7 Å². The predicted molar refractivity (Wildman–Crippen MR) is 86.4 cm³/mol. The van der Waals surface area contributed by atoms with Crippen LogP contribution in [0.1, 0.15) is 27.8 Å². The van der Waals surface area contributed by atoms with Crippen LogP contribution in [0.2, 0.25) is 0 Å². The highest BCUT2D eigenvalue weighted by Gasteiger charge is 2.21. The molecule has 0 radical (unpaired) electrons. The van der Waals surface area contributed by atoms with Gasteiger partial charge in [-0.15, -0.1) is 0 Å². The molecule has 2 N–H and O–H groups in total. The molecule has 0 saturated heterocycles. The number of fused-ring (bicyclic) bond motifs is 2. The molecule has 2 aromatic rings. The zero-order valence-corrected chi connectivity index (χ0v) is 12.8. The molecule has 3 heteroatoms. The van der Waals surface area contributed by atoms with Gasteiger partial charge < -0.3 is 5.41 Å². The molecule has 0 spiro atoms. The topological polar surface area (TPSA) is 47.7 Å². The van der Waals surface area contributed by atoms with Gasteiger partial charge in [-0.1, -0.05) is 46.3 Å². The Kier molecular flexibility index (Phi) is 3.30. The molecular weight excluding hydrogens is 312 g/mol. The summed E-state index contributed by atoms with van der Waals surface area (Å²) in [5, 5.41) is 16.8. The first-order chi connectivity index (χ1) is 9.58. The van der Waals surface area contributed by atoms with E-state index in [1.807, 2.05) is 43.3 Å². The third-order valence-electron chi connectivity index (χ3n) is 3.83. The lowest BCUT2D eigenvalue weighted by atomic mass is 9.84.